The molecule has 0 aliphatic rings. The number of aliphatic hydroxyl groups excluding tert-OH is 2. The first-order chi connectivity index (χ1) is 5.20. The highest BCUT2D eigenvalue weighted by molar-refractivity contribution is 4.61. The first-order valence-electron chi connectivity index (χ1n) is 4.56. The zero-order valence-corrected chi connectivity index (χ0v) is 7.58. The van der Waals surface area contributed by atoms with Gasteiger partial charge in [0.15, 0.2) is 0 Å². The van der Waals surface area contributed by atoms with Gasteiger partial charge in [-0.2, -0.15) is 0 Å². The summed E-state index contributed by atoms with van der Waals surface area (Å²) >= 11 is 0. The molecular weight excluding hydrogens is 140 g/mol. The van der Waals surface area contributed by atoms with Gasteiger partial charge in [-0.05, 0) is 19.3 Å². The Morgan fingerprint density at radius 3 is 2.18 bits per heavy atom. The molecule has 0 aromatic rings. The van der Waals surface area contributed by atoms with Crippen LogP contribution in [0.25, 0.3) is 0 Å². The number of unbranched alkanes of at least 4 members (excludes halogenated alkanes) is 1. The second-order valence-electron chi connectivity index (χ2n) is 3.09. The van der Waals surface area contributed by atoms with E-state index in [1.54, 1.807) is 0 Å². The first-order valence-corrected chi connectivity index (χ1v) is 4.56. The van der Waals surface area contributed by atoms with Crippen LogP contribution in [-0.4, -0.2) is 22.4 Å². The quantitative estimate of drug-likeness (QED) is 0.621. The van der Waals surface area contributed by atoms with E-state index in [0.29, 0.717) is 6.42 Å². The molecule has 0 aliphatic heterocycles. The average Bonchev–Trinajstić information content (AvgIpc) is 2.00. The van der Waals surface area contributed by atoms with Crippen LogP contribution in [0.3, 0.4) is 0 Å². The van der Waals surface area contributed by atoms with Gasteiger partial charge >= 0.3 is 0 Å². The van der Waals surface area contributed by atoms with Crippen LogP contribution >= 0.6 is 0 Å². The summed E-state index contributed by atoms with van der Waals surface area (Å²) in [6, 6.07) is 0. The molecule has 68 valence electrons. The summed E-state index contributed by atoms with van der Waals surface area (Å²) < 4.78 is 0. The summed E-state index contributed by atoms with van der Waals surface area (Å²) in [5.74, 6) is 0. The zero-order chi connectivity index (χ0) is 8.69. The Labute approximate surface area is 69.2 Å². The lowest BCUT2D eigenvalue weighted by molar-refractivity contribution is 0.0725. The molecule has 11 heavy (non-hydrogen) atoms. The summed E-state index contributed by atoms with van der Waals surface area (Å²) in [6.07, 6.45) is 3.65. The molecule has 2 atom stereocenters. The fourth-order valence-electron chi connectivity index (χ4n) is 1.04. The molecule has 2 heteroatoms. The third-order valence-corrected chi connectivity index (χ3v) is 1.91. The molecule has 0 saturated carbocycles. The van der Waals surface area contributed by atoms with Gasteiger partial charge in [0.1, 0.15) is 0 Å². The molecule has 0 radical (unpaired) electrons. The van der Waals surface area contributed by atoms with Crippen molar-refractivity contribution in [1.29, 1.82) is 0 Å². The Kier molecular flexibility index (Phi) is 6.57. The molecule has 0 fully saturated rings. The van der Waals surface area contributed by atoms with Crippen molar-refractivity contribution in [1.82, 2.24) is 0 Å². The second-order valence-corrected chi connectivity index (χ2v) is 3.09. The molecule has 0 aliphatic carbocycles. The zero-order valence-electron chi connectivity index (χ0n) is 7.58. The Morgan fingerprint density at radius 1 is 1.09 bits per heavy atom. The van der Waals surface area contributed by atoms with Gasteiger partial charge in [-0.15, -0.1) is 0 Å². The van der Waals surface area contributed by atoms with Crippen LogP contribution in [0, 0.1) is 0 Å². The molecule has 0 spiro atoms. The number of rotatable bonds is 6. The van der Waals surface area contributed by atoms with Crippen molar-refractivity contribution in [2.75, 3.05) is 0 Å². The topological polar surface area (TPSA) is 40.5 Å². The van der Waals surface area contributed by atoms with Gasteiger partial charge in [0.05, 0.1) is 12.2 Å². The third kappa shape index (κ3) is 6.32. The fraction of sp³-hybridized carbons (Fsp3) is 1.00. The van der Waals surface area contributed by atoms with Gasteiger partial charge in [-0.3, -0.25) is 0 Å². The molecule has 0 bridgehead atoms. The van der Waals surface area contributed by atoms with Gasteiger partial charge in [0.2, 0.25) is 0 Å². The molecule has 0 aromatic heterocycles. The van der Waals surface area contributed by atoms with Crippen LogP contribution in [0.15, 0.2) is 0 Å². The van der Waals surface area contributed by atoms with Gasteiger partial charge in [0, 0.05) is 0 Å². The van der Waals surface area contributed by atoms with E-state index >= 15 is 0 Å². The largest absolute Gasteiger partial charge is 0.393 e. The summed E-state index contributed by atoms with van der Waals surface area (Å²) in [7, 11) is 0. The standard InChI is InChI=1S/C9H20O2/c1-3-5-6-9(11)7-8(10)4-2/h8-11H,3-7H2,1-2H3/t8-,9-/m0/s1. The van der Waals surface area contributed by atoms with E-state index in [1.807, 2.05) is 6.92 Å². The van der Waals surface area contributed by atoms with E-state index < -0.39 is 0 Å². The van der Waals surface area contributed by atoms with Crippen molar-refractivity contribution < 1.29 is 10.2 Å². The van der Waals surface area contributed by atoms with Gasteiger partial charge in [0.25, 0.3) is 0 Å². The molecule has 0 amide bonds. The summed E-state index contributed by atoms with van der Waals surface area (Å²) in [4.78, 5) is 0. The van der Waals surface area contributed by atoms with Gasteiger partial charge in [-0.1, -0.05) is 26.7 Å². The van der Waals surface area contributed by atoms with Crippen LogP contribution in [0.4, 0.5) is 0 Å². The van der Waals surface area contributed by atoms with Crippen LogP contribution in [-0.2, 0) is 0 Å². The fourth-order valence-corrected chi connectivity index (χ4v) is 1.04. The predicted octanol–water partition coefficient (Wildman–Crippen LogP) is 1.70. The number of aliphatic hydroxyl groups is 2. The maximum atomic E-state index is 9.32. The Morgan fingerprint density at radius 2 is 1.73 bits per heavy atom. The lowest BCUT2D eigenvalue weighted by Crippen LogP contribution is -2.16. The van der Waals surface area contributed by atoms with Crippen molar-refractivity contribution >= 4 is 0 Å². The lowest BCUT2D eigenvalue weighted by atomic mass is 10.0. The molecule has 0 rings (SSSR count). The second kappa shape index (κ2) is 6.62. The van der Waals surface area contributed by atoms with E-state index in [0.717, 1.165) is 25.7 Å². The molecule has 0 saturated heterocycles. The van der Waals surface area contributed by atoms with Crippen molar-refractivity contribution in [3.8, 4) is 0 Å². The first kappa shape index (κ1) is 10.9. The monoisotopic (exact) mass is 160 g/mol. The Balaban J connectivity index is 3.27. The number of hydrogen-bond donors (Lipinski definition) is 2. The minimum absolute atomic E-state index is 0.301. The van der Waals surface area contributed by atoms with Crippen LogP contribution < -0.4 is 0 Å². The highest BCUT2D eigenvalue weighted by Gasteiger charge is 2.08. The minimum Gasteiger partial charge on any atom is -0.393 e. The van der Waals surface area contributed by atoms with Crippen LogP contribution in [0.1, 0.15) is 46.0 Å². The van der Waals surface area contributed by atoms with Gasteiger partial charge < -0.3 is 10.2 Å². The van der Waals surface area contributed by atoms with E-state index in [4.69, 9.17) is 5.11 Å². The highest BCUT2D eigenvalue weighted by Crippen LogP contribution is 2.08. The highest BCUT2D eigenvalue weighted by atomic mass is 16.3. The van der Waals surface area contributed by atoms with E-state index in [-0.39, 0.29) is 12.2 Å². The molecule has 2 N–H and O–H groups in total. The number of hydrogen-bond acceptors (Lipinski definition) is 2. The normalized spacial score (nSPS) is 16.4. The lowest BCUT2D eigenvalue weighted by Gasteiger charge is -2.13. The van der Waals surface area contributed by atoms with Crippen LogP contribution in [0.2, 0.25) is 0 Å². The smallest absolute Gasteiger partial charge is 0.0564 e. The van der Waals surface area contributed by atoms with Gasteiger partial charge in [-0.25, -0.2) is 0 Å². The summed E-state index contributed by atoms with van der Waals surface area (Å²) in [6.45, 7) is 4.03. The SMILES string of the molecule is CCCC[C@H](O)C[C@@H](O)CC. The minimum atomic E-state index is -0.318. The third-order valence-electron chi connectivity index (χ3n) is 1.91. The average molecular weight is 160 g/mol. The summed E-state index contributed by atoms with van der Waals surface area (Å²) in [5, 5.41) is 18.5. The molecule has 0 aromatic carbocycles. The Hall–Kier alpha value is -0.0800. The predicted molar refractivity (Wildman–Crippen MR) is 46.4 cm³/mol. The van der Waals surface area contributed by atoms with Crippen molar-refractivity contribution in [3.63, 3.8) is 0 Å². The maximum absolute atomic E-state index is 9.32. The van der Waals surface area contributed by atoms with Crippen molar-refractivity contribution in [2.45, 2.75) is 58.2 Å². The van der Waals surface area contributed by atoms with E-state index in [9.17, 15) is 5.11 Å². The van der Waals surface area contributed by atoms with Crippen LogP contribution in [0.5, 0.6) is 0 Å². The molecule has 0 heterocycles. The molecule has 2 nitrogen and oxygen atoms in total. The van der Waals surface area contributed by atoms with E-state index in [2.05, 4.69) is 6.92 Å². The maximum Gasteiger partial charge on any atom is 0.0564 e. The molecular formula is C9H20O2. The molecule has 0 unspecified atom stereocenters. The van der Waals surface area contributed by atoms with Crippen molar-refractivity contribution in [3.05, 3.63) is 0 Å². The van der Waals surface area contributed by atoms with Crippen molar-refractivity contribution in [2.24, 2.45) is 0 Å². The Bertz CT molecular complexity index is 83.6. The summed E-state index contributed by atoms with van der Waals surface area (Å²) in [5.41, 5.74) is 0. The van der Waals surface area contributed by atoms with E-state index in [1.165, 1.54) is 0 Å².